The lowest BCUT2D eigenvalue weighted by molar-refractivity contribution is -0.900. The van der Waals surface area contributed by atoms with Crippen LogP contribution in [-0.4, -0.2) is 58.3 Å². The monoisotopic (exact) mass is 422 g/mol. The van der Waals surface area contributed by atoms with Crippen LogP contribution in [0.5, 0.6) is 0 Å². The second kappa shape index (κ2) is 15.0. The molecule has 28 heavy (non-hydrogen) atoms. The van der Waals surface area contributed by atoms with Gasteiger partial charge in [0.15, 0.2) is 0 Å². The SMILES string of the molecule is CCCCCCCCCCCCCC(CCC(C(C)O)[N+](C)(C)C)P(=O)(O)O. The average molecular weight is 423 g/mol. The fourth-order valence-electron chi connectivity index (χ4n) is 4.16. The second-order valence-corrected chi connectivity index (χ2v) is 11.5. The van der Waals surface area contributed by atoms with Crippen molar-refractivity contribution in [2.75, 3.05) is 21.1 Å². The topological polar surface area (TPSA) is 77.8 Å². The number of likely N-dealkylation sites (N-methyl/N-ethyl adjacent to an activating group) is 1. The van der Waals surface area contributed by atoms with Crippen LogP contribution >= 0.6 is 7.60 Å². The van der Waals surface area contributed by atoms with E-state index in [0.29, 0.717) is 23.7 Å². The molecule has 0 amide bonds. The Morgan fingerprint density at radius 3 is 1.54 bits per heavy atom. The largest absolute Gasteiger partial charge is 0.387 e. The zero-order valence-corrected chi connectivity index (χ0v) is 20.2. The van der Waals surface area contributed by atoms with Gasteiger partial charge in [0.05, 0.1) is 26.8 Å². The number of hydrogen-bond donors (Lipinski definition) is 3. The van der Waals surface area contributed by atoms with Crippen molar-refractivity contribution in [1.82, 2.24) is 0 Å². The third kappa shape index (κ3) is 14.1. The maximum Gasteiger partial charge on any atom is 0.328 e. The third-order valence-electron chi connectivity index (χ3n) is 5.96. The predicted octanol–water partition coefficient (Wildman–Crippen LogP) is 5.47. The number of unbranched alkanes of at least 4 members (excludes halogenated alkanes) is 10. The molecule has 0 spiro atoms. The normalized spacial score (nSPS) is 16.1. The van der Waals surface area contributed by atoms with Crippen LogP contribution in [0.2, 0.25) is 0 Å². The summed E-state index contributed by atoms with van der Waals surface area (Å²) in [6.07, 6.45) is 14.9. The Labute approximate surface area is 174 Å². The van der Waals surface area contributed by atoms with E-state index in [1.54, 1.807) is 6.92 Å². The van der Waals surface area contributed by atoms with Gasteiger partial charge in [-0.05, 0) is 19.8 Å². The minimum atomic E-state index is -4.08. The smallest absolute Gasteiger partial charge is 0.328 e. The maximum absolute atomic E-state index is 11.9. The van der Waals surface area contributed by atoms with Gasteiger partial charge in [-0.25, -0.2) is 0 Å². The van der Waals surface area contributed by atoms with Crippen molar-refractivity contribution in [3.05, 3.63) is 0 Å². The summed E-state index contributed by atoms with van der Waals surface area (Å²) in [5.74, 6) is 0. The quantitative estimate of drug-likeness (QED) is 0.155. The van der Waals surface area contributed by atoms with Crippen LogP contribution in [0.15, 0.2) is 0 Å². The molecule has 0 saturated carbocycles. The molecule has 0 saturated heterocycles. The predicted molar refractivity (Wildman–Crippen MR) is 120 cm³/mol. The molecule has 0 aliphatic heterocycles. The van der Waals surface area contributed by atoms with Crippen LogP contribution in [0.3, 0.4) is 0 Å². The van der Waals surface area contributed by atoms with Crippen molar-refractivity contribution >= 4 is 7.60 Å². The molecule has 0 aromatic carbocycles. The first-order valence-electron chi connectivity index (χ1n) is 11.5. The molecule has 0 aromatic rings. The molecule has 0 radical (unpaired) electrons. The number of nitrogens with zero attached hydrogens (tertiary/aromatic N) is 1. The van der Waals surface area contributed by atoms with Crippen LogP contribution in [0.25, 0.3) is 0 Å². The van der Waals surface area contributed by atoms with Crippen molar-refractivity contribution < 1.29 is 23.9 Å². The summed E-state index contributed by atoms with van der Waals surface area (Å²) in [7, 11) is 1.98. The number of rotatable bonds is 18. The fourth-order valence-corrected chi connectivity index (χ4v) is 5.17. The third-order valence-corrected chi connectivity index (χ3v) is 7.43. The minimum Gasteiger partial charge on any atom is -0.387 e. The minimum absolute atomic E-state index is 0.00798. The Bertz CT molecular complexity index is 417. The van der Waals surface area contributed by atoms with Crippen LogP contribution in [0.4, 0.5) is 0 Å². The van der Waals surface area contributed by atoms with Gasteiger partial charge in [-0.15, -0.1) is 0 Å². The Balaban J connectivity index is 4.08. The Hall–Kier alpha value is 0.0700. The molecule has 0 aliphatic carbocycles. The van der Waals surface area contributed by atoms with Crippen molar-refractivity contribution in [2.45, 2.75) is 122 Å². The van der Waals surface area contributed by atoms with Gasteiger partial charge in [-0.2, -0.15) is 0 Å². The molecular weight excluding hydrogens is 373 g/mol. The van der Waals surface area contributed by atoms with E-state index in [1.165, 1.54) is 51.4 Å². The van der Waals surface area contributed by atoms with E-state index < -0.39 is 19.4 Å². The van der Waals surface area contributed by atoms with E-state index in [4.69, 9.17) is 0 Å². The van der Waals surface area contributed by atoms with Crippen molar-refractivity contribution in [1.29, 1.82) is 0 Å². The summed E-state index contributed by atoms with van der Waals surface area (Å²) >= 11 is 0. The number of aliphatic hydroxyl groups is 1. The highest BCUT2D eigenvalue weighted by Crippen LogP contribution is 2.46. The van der Waals surface area contributed by atoms with Gasteiger partial charge >= 0.3 is 7.60 Å². The Morgan fingerprint density at radius 2 is 1.18 bits per heavy atom. The van der Waals surface area contributed by atoms with E-state index in [9.17, 15) is 19.5 Å². The molecule has 6 heteroatoms. The second-order valence-electron chi connectivity index (χ2n) is 9.57. The first-order valence-corrected chi connectivity index (χ1v) is 13.2. The Morgan fingerprint density at radius 1 is 0.750 bits per heavy atom. The lowest BCUT2D eigenvalue weighted by Gasteiger charge is -2.36. The van der Waals surface area contributed by atoms with Gasteiger partial charge in [0, 0.05) is 6.42 Å². The van der Waals surface area contributed by atoms with Crippen LogP contribution in [0.1, 0.15) is 104 Å². The molecule has 0 bridgehead atoms. The van der Waals surface area contributed by atoms with Gasteiger partial charge < -0.3 is 19.4 Å². The van der Waals surface area contributed by atoms with Crippen LogP contribution < -0.4 is 0 Å². The molecule has 0 heterocycles. The van der Waals surface area contributed by atoms with E-state index in [-0.39, 0.29) is 6.04 Å². The van der Waals surface area contributed by atoms with Crippen molar-refractivity contribution in [3.8, 4) is 0 Å². The van der Waals surface area contributed by atoms with E-state index in [0.717, 1.165) is 19.3 Å². The summed E-state index contributed by atoms with van der Waals surface area (Å²) in [6.45, 7) is 4.01. The molecule has 3 unspecified atom stereocenters. The fraction of sp³-hybridized carbons (Fsp3) is 1.00. The highest BCUT2D eigenvalue weighted by molar-refractivity contribution is 7.52. The van der Waals surface area contributed by atoms with Crippen LogP contribution in [-0.2, 0) is 4.57 Å². The number of quaternary nitrogens is 1. The molecule has 3 N–H and O–H groups in total. The molecular formula is C22H49NO4P+. The zero-order valence-electron chi connectivity index (χ0n) is 19.3. The van der Waals surface area contributed by atoms with Gasteiger partial charge in [0.25, 0.3) is 0 Å². The Kier molecular flexibility index (Phi) is 15.0. The number of aliphatic hydroxyl groups excluding tert-OH is 1. The van der Waals surface area contributed by atoms with Gasteiger partial charge in [0.2, 0.25) is 0 Å². The van der Waals surface area contributed by atoms with Crippen molar-refractivity contribution in [2.24, 2.45) is 0 Å². The summed E-state index contributed by atoms with van der Waals surface area (Å²) in [5.41, 5.74) is -0.570. The van der Waals surface area contributed by atoms with E-state index in [1.807, 2.05) is 21.1 Å². The number of hydrogen-bond acceptors (Lipinski definition) is 2. The van der Waals surface area contributed by atoms with E-state index in [2.05, 4.69) is 6.92 Å². The zero-order chi connectivity index (χ0) is 21.6. The average Bonchev–Trinajstić information content (AvgIpc) is 2.55. The highest BCUT2D eigenvalue weighted by atomic mass is 31.2. The molecule has 170 valence electrons. The maximum atomic E-state index is 11.9. The van der Waals surface area contributed by atoms with Gasteiger partial charge in [-0.3, -0.25) is 4.57 Å². The van der Waals surface area contributed by atoms with Gasteiger partial charge in [-0.1, -0.05) is 77.6 Å². The molecule has 3 atom stereocenters. The molecule has 0 aromatic heterocycles. The van der Waals surface area contributed by atoms with E-state index >= 15 is 0 Å². The first kappa shape index (κ1) is 28.1. The molecule has 0 rings (SSSR count). The van der Waals surface area contributed by atoms with Gasteiger partial charge in [0.1, 0.15) is 12.1 Å². The molecule has 0 fully saturated rings. The van der Waals surface area contributed by atoms with Crippen LogP contribution in [0, 0.1) is 0 Å². The molecule has 5 nitrogen and oxygen atoms in total. The lowest BCUT2D eigenvalue weighted by Crippen LogP contribution is -2.51. The first-order chi connectivity index (χ1) is 13.0. The standard InChI is InChI=1S/C22H48NO4P/c1-6-7-8-9-10-11-12-13-14-15-16-17-21(28(25,26)27)18-19-22(20(2)24)23(3,4)5/h20-22,24H,6-19H2,1-5H3,(H-,25,26,27)/p+1. The highest BCUT2D eigenvalue weighted by Gasteiger charge is 2.33. The summed E-state index contributed by atoms with van der Waals surface area (Å²) in [6, 6.07) is -0.00798. The summed E-state index contributed by atoms with van der Waals surface area (Å²) < 4.78 is 12.5. The van der Waals surface area contributed by atoms with Crippen molar-refractivity contribution in [3.63, 3.8) is 0 Å². The summed E-state index contributed by atoms with van der Waals surface area (Å²) in [4.78, 5) is 19.5. The molecule has 0 aliphatic rings. The lowest BCUT2D eigenvalue weighted by atomic mass is 9.99. The summed E-state index contributed by atoms with van der Waals surface area (Å²) in [5, 5.41) is 10.0.